The van der Waals surface area contributed by atoms with Crippen molar-refractivity contribution in [1.29, 1.82) is 0 Å². The molecule has 0 aliphatic carbocycles. The number of amides is 2. The smallest absolute Gasteiger partial charge is 0.251 e. The van der Waals surface area contributed by atoms with Crippen LogP contribution in [0.15, 0.2) is 58.8 Å². The Kier molecular flexibility index (Phi) is 5.89. The fourth-order valence-corrected chi connectivity index (χ4v) is 4.82. The maximum atomic E-state index is 14.3. The van der Waals surface area contributed by atoms with Gasteiger partial charge in [0.25, 0.3) is 5.91 Å². The standard InChI is InChI=1S/C21H16ClFN2O2S2/c22-16-4-1-5-17(23)15(16)11-25-18-9-13(6-7-19(18)29-12-20(25)26)21(27)24-10-14-3-2-8-28-14/h1-9H,10-12H2,(H,24,27). The average molecular weight is 447 g/mol. The molecular formula is C21H16ClFN2O2S2. The third-order valence-corrected chi connectivity index (χ3v) is 6.82. The first-order chi connectivity index (χ1) is 14.0. The second kappa shape index (κ2) is 8.57. The highest BCUT2D eigenvalue weighted by Crippen LogP contribution is 2.37. The lowest BCUT2D eigenvalue weighted by atomic mass is 10.1. The highest BCUT2D eigenvalue weighted by Gasteiger charge is 2.27. The van der Waals surface area contributed by atoms with Crippen molar-refractivity contribution in [2.45, 2.75) is 18.0 Å². The number of hydrogen-bond donors (Lipinski definition) is 1. The maximum Gasteiger partial charge on any atom is 0.251 e. The number of nitrogens with zero attached hydrogens (tertiary/aromatic N) is 1. The second-order valence-electron chi connectivity index (χ2n) is 6.41. The molecular weight excluding hydrogens is 431 g/mol. The molecule has 0 unspecified atom stereocenters. The minimum absolute atomic E-state index is 0.0121. The van der Waals surface area contributed by atoms with Crippen molar-refractivity contribution in [3.05, 3.63) is 80.8 Å². The quantitative estimate of drug-likeness (QED) is 0.592. The van der Waals surface area contributed by atoms with E-state index in [1.54, 1.807) is 29.5 Å². The Balaban J connectivity index is 1.60. The summed E-state index contributed by atoms with van der Waals surface area (Å²) in [5.41, 5.74) is 1.29. The lowest BCUT2D eigenvalue weighted by Gasteiger charge is -2.30. The van der Waals surface area contributed by atoms with Crippen LogP contribution >= 0.6 is 34.7 Å². The van der Waals surface area contributed by atoms with Gasteiger partial charge in [0.1, 0.15) is 5.82 Å². The van der Waals surface area contributed by atoms with Gasteiger partial charge in [0.2, 0.25) is 5.91 Å². The molecule has 8 heteroatoms. The number of hydrogen-bond acceptors (Lipinski definition) is 4. The topological polar surface area (TPSA) is 49.4 Å². The zero-order valence-electron chi connectivity index (χ0n) is 15.2. The molecule has 3 aromatic rings. The van der Waals surface area contributed by atoms with Gasteiger partial charge in [-0.05, 0) is 41.8 Å². The number of rotatable bonds is 5. The Morgan fingerprint density at radius 1 is 1.21 bits per heavy atom. The molecule has 2 amide bonds. The Bertz CT molecular complexity index is 1050. The van der Waals surface area contributed by atoms with Crippen LogP contribution in [0.25, 0.3) is 0 Å². The van der Waals surface area contributed by atoms with Gasteiger partial charge in [-0.25, -0.2) is 4.39 Å². The molecule has 1 aliphatic rings. The van der Waals surface area contributed by atoms with Crippen LogP contribution in [0.2, 0.25) is 5.02 Å². The molecule has 4 rings (SSSR count). The maximum absolute atomic E-state index is 14.3. The molecule has 0 radical (unpaired) electrons. The summed E-state index contributed by atoms with van der Waals surface area (Å²) in [6.45, 7) is 0.452. The minimum atomic E-state index is -0.463. The number of anilines is 1. The first-order valence-corrected chi connectivity index (χ1v) is 11.1. The van der Waals surface area contributed by atoms with Crippen molar-refractivity contribution >= 4 is 52.2 Å². The third-order valence-electron chi connectivity index (χ3n) is 4.55. The molecule has 0 saturated heterocycles. The van der Waals surface area contributed by atoms with Crippen LogP contribution in [0, 0.1) is 5.82 Å². The lowest BCUT2D eigenvalue weighted by Crippen LogP contribution is -2.35. The van der Waals surface area contributed by atoms with E-state index < -0.39 is 5.82 Å². The summed E-state index contributed by atoms with van der Waals surface area (Å²) >= 11 is 9.12. The molecule has 148 valence electrons. The van der Waals surface area contributed by atoms with Crippen molar-refractivity contribution in [3.8, 4) is 0 Å². The number of carbonyl (C=O) groups is 2. The fourth-order valence-electron chi connectivity index (χ4n) is 3.04. The Hall–Kier alpha value is -2.35. The number of halogens is 2. The molecule has 1 N–H and O–H groups in total. The SMILES string of the molecule is O=C(NCc1cccs1)c1ccc2c(c1)N(Cc1c(F)cccc1Cl)C(=O)CS2. The lowest BCUT2D eigenvalue weighted by molar-refractivity contribution is -0.116. The van der Waals surface area contributed by atoms with Gasteiger partial charge in [-0.1, -0.05) is 23.7 Å². The molecule has 0 saturated carbocycles. The van der Waals surface area contributed by atoms with E-state index in [4.69, 9.17) is 11.6 Å². The van der Waals surface area contributed by atoms with E-state index in [9.17, 15) is 14.0 Å². The van der Waals surface area contributed by atoms with Crippen LogP contribution in [0.1, 0.15) is 20.8 Å². The van der Waals surface area contributed by atoms with E-state index in [-0.39, 0.29) is 34.7 Å². The van der Waals surface area contributed by atoms with Gasteiger partial charge < -0.3 is 10.2 Å². The number of thiophene rings is 1. The molecule has 1 aliphatic heterocycles. The van der Waals surface area contributed by atoms with Gasteiger partial charge >= 0.3 is 0 Å². The van der Waals surface area contributed by atoms with Crippen LogP contribution in [-0.2, 0) is 17.9 Å². The normalized spacial score (nSPS) is 13.3. The third kappa shape index (κ3) is 4.32. The minimum Gasteiger partial charge on any atom is -0.347 e. The Morgan fingerprint density at radius 3 is 2.83 bits per heavy atom. The van der Waals surface area contributed by atoms with Gasteiger partial charge in [-0.2, -0.15) is 0 Å². The van der Waals surface area contributed by atoms with Crippen LogP contribution in [0.3, 0.4) is 0 Å². The predicted molar refractivity (Wildman–Crippen MR) is 115 cm³/mol. The summed E-state index contributed by atoms with van der Waals surface area (Å²) in [5, 5.41) is 5.10. The number of nitrogens with one attached hydrogen (secondary N) is 1. The van der Waals surface area contributed by atoms with Crippen molar-refractivity contribution in [3.63, 3.8) is 0 Å². The number of benzene rings is 2. The first kappa shape index (κ1) is 19.9. The van der Waals surface area contributed by atoms with Gasteiger partial charge in [0.15, 0.2) is 0 Å². The highest BCUT2D eigenvalue weighted by molar-refractivity contribution is 8.00. The van der Waals surface area contributed by atoms with Crippen molar-refractivity contribution in [2.24, 2.45) is 0 Å². The predicted octanol–water partition coefficient (Wildman–Crippen LogP) is 5.11. The van der Waals surface area contributed by atoms with Crippen LogP contribution in [0.5, 0.6) is 0 Å². The zero-order chi connectivity index (χ0) is 20.4. The summed E-state index contributed by atoms with van der Waals surface area (Å²) in [6, 6.07) is 13.6. The average Bonchev–Trinajstić information content (AvgIpc) is 3.23. The zero-order valence-corrected chi connectivity index (χ0v) is 17.5. The molecule has 0 bridgehead atoms. The van der Waals surface area contributed by atoms with Crippen LogP contribution < -0.4 is 10.2 Å². The van der Waals surface area contributed by atoms with E-state index in [2.05, 4.69) is 5.32 Å². The largest absolute Gasteiger partial charge is 0.347 e. The van der Waals surface area contributed by atoms with E-state index in [1.165, 1.54) is 28.8 Å². The van der Waals surface area contributed by atoms with Crippen molar-refractivity contribution in [2.75, 3.05) is 10.7 Å². The number of thioether (sulfide) groups is 1. The van der Waals surface area contributed by atoms with Crippen LogP contribution in [0.4, 0.5) is 10.1 Å². The fraction of sp³-hybridized carbons (Fsp3) is 0.143. The first-order valence-electron chi connectivity index (χ1n) is 8.83. The molecule has 4 nitrogen and oxygen atoms in total. The molecule has 0 spiro atoms. The monoisotopic (exact) mass is 446 g/mol. The Morgan fingerprint density at radius 2 is 2.07 bits per heavy atom. The molecule has 2 aromatic carbocycles. The summed E-state index contributed by atoms with van der Waals surface area (Å²) in [6.07, 6.45) is 0. The van der Waals surface area contributed by atoms with E-state index in [1.807, 2.05) is 23.6 Å². The van der Waals surface area contributed by atoms with Gasteiger partial charge in [0.05, 0.1) is 24.5 Å². The van der Waals surface area contributed by atoms with Crippen molar-refractivity contribution in [1.82, 2.24) is 5.32 Å². The second-order valence-corrected chi connectivity index (χ2v) is 8.87. The summed E-state index contributed by atoms with van der Waals surface area (Å²) in [4.78, 5) is 28.6. The Labute approximate surface area is 180 Å². The molecule has 1 aromatic heterocycles. The van der Waals surface area contributed by atoms with Gasteiger partial charge in [-0.15, -0.1) is 23.1 Å². The summed E-state index contributed by atoms with van der Waals surface area (Å²) in [7, 11) is 0. The van der Waals surface area contributed by atoms with Gasteiger partial charge in [0, 0.05) is 25.9 Å². The highest BCUT2D eigenvalue weighted by atomic mass is 35.5. The molecule has 2 heterocycles. The number of fused-ring (bicyclic) bond motifs is 1. The summed E-state index contributed by atoms with van der Waals surface area (Å²) < 4.78 is 14.3. The molecule has 0 fully saturated rings. The van der Waals surface area contributed by atoms with E-state index >= 15 is 0 Å². The molecule has 0 atom stereocenters. The molecule has 29 heavy (non-hydrogen) atoms. The number of carbonyl (C=O) groups excluding carboxylic acids is 2. The van der Waals surface area contributed by atoms with Crippen molar-refractivity contribution < 1.29 is 14.0 Å². The van der Waals surface area contributed by atoms with E-state index in [0.29, 0.717) is 17.8 Å². The van der Waals surface area contributed by atoms with E-state index in [0.717, 1.165) is 9.77 Å². The summed E-state index contributed by atoms with van der Waals surface area (Å²) in [5.74, 6) is -0.593. The van der Waals surface area contributed by atoms with Gasteiger partial charge in [-0.3, -0.25) is 9.59 Å². The van der Waals surface area contributed by atoms with Crippen LogP contribution in [-0.4, -0.2) is 17.6 Å².